The molecule has 2 fully saturated rings. The second-order valence-corrected chi connectivity index (χ2v) is 8.23. The molecule has 1 unspecified atom stereocenters. The molecular formula is C17H22FN3O2P+. The van der Waals surface area contributed by atoms with Gasteiger partial charge >= 0.3 is 0 Å². The van der Waals surface area contributed by atoms with Gasteiger partial charge in [0.05, 0.1) is 12.7 Å². The van der Waals surface area contributed by atoms with Crippen LogP contribution < -0.4 is 5.32 Å². The number of likely N-dealkylation sites (tertiary alicyclic amines) is 1. The van der Waals surface area contributed by atoms with Crippen molar-refractivity contribution in [3.63, 3.8) is 0 Å². The van der Waals surface area contributed by atoms with Crippen LogP contribution in [0.4, 0.5) is 4.39 Å². The Morgan fingerprint density at radius 2 is 1.96 bits per heavy atom. The summed E-state index contributed by atoms with van der Waals surface area (Å²) in [7, 11) is -0.611. The van der Waals surface area contributed by atoms with Crippen LogP contribution >= 0.6 is 7.70 Å². The second-order valence-electron chi connectivity index (χ2n) is 6.44. The van der Waals surface area contributed by atoms with Gasteiger partial charge in [0.25, 0.3) is 0 Å². The van der Waals surface area contributed by atoms with Crippen LogP contribution in [0.5, 0.6) is 0 Å². The van der Waals surface area contributed by atoms with Gasteiger partial charge < -0.3 is 10.2 Å². The largest absolute Gasteiger partial charge is 0.342 e. The molecule has 2 aliphatic rings. The summed E-state index contributed by atoms with van der Waals surface area (Å²) in [5.41, 5.74) is 0.297. The first-order valence-corrected chi connectivity index (χ1v) is 9.97. The van der Waals surface area contributed by atoms with Gasteiger partial charge in [-0.2, -0.15) is 0 Å². The highest BCUT2D eigenvalue weighted by atomic mass is 31.1. The van der Waals surface area contributed by atoms with Gasteiger partial charge in [0.15, 0.2) is 7.70 Å². The first-order chi connectivity index (χ1) is 11.4. The van der Waals surface area contributed by atoms with Crippen LogP contribution in [0.25, 0.3) is 0 Å². The van der Waals surface area contributed by atoms with Crippen molar-refractivity contribution in [2.45, 2.75) is 24.8 Å². The molecule has 0 bridgehead atoms. The van der Waals surface area contributed by atoms with Gasteiger partial charge in [-0.15, -0.1) is 0 Å². The monoisotopic (exact) mass is 350 g/mol. The highest BCUT2D eigenvalue weighted by Crippen LogP contribution is 2.41. The summed E-state index contributed by atoms with van der Waals surface area (Å²) >= 11 is 0. The number of halogens is 1. The molecule has 2 heterocycles. The molecule has 24 heavy (non-hydrogen) atoms. The zero-order valence-corrected chi connectivity index (χ0v) is 14.7. The van der Waals surface area contributed by atoms with Gasteiger partial charge in [0.2, 0.25) is 11.8 Å². The van der Waals surface area contributed by atoms with Crippen LogP contribution in [0.1, 0.15) is 18.4 Å². The smallest absolute Gasteiger partial charge is 0.245 e. The van der Waals surface area contributed by atoms with Crippen molar-refractivity contribution in [1.82, 2.24) is 14.9 Å². The van der Waals surface area contributed by atoms with Crippen molar-refractivity contribution in [2.75, 3.05) is 26.4 Å². The zero-order valence-electron chi connectivity index (χ0n) is 13.8. The zero-order chi connectivity index (χ0) is 17.3. The molecule has 0 aliphatic carbocycles. The van der Waals surface area contributed by atoms with E-state index in [1.54, 1.807) is 17.0 Å². The molecule has 5 nitrogen and oxygen atoms in total. The summed E-state index contributed by atoms with van der Waals surface area (Å²) in [6, 6.07) is 6.01. The Bertz CT molecular complexity index is 669. The lowest BCUT2D eigenvalue weighted by atomic mass is 9.87. The molecule has 1 aromatic carbocycles. The Morgan fingerprint density at radius 1 is 1.33 bits per heavy atom. The number of hydrogen-bond acceptors (Lipinski definition) is 3. The highest BCUT2D eigenvalue weighted by molar-refractivity contribution is 7.52. The third-order valence-corrected chi connectivity index (χ3v) is 6.28. The molecular weight excluding hydrogens is 328 g/mol. The molecule has 3 rings (SSSR count). The summed E-state index contributed by atoms with van der Waals surface area (Å²) < 4.78 is 15.1. The van der Waals surface area contributed by atoms with Gasteiger partial charge in [0.1, 0.15) is 24.7 Å². The Kier molecular flexibility index (Phi) is 4.70. The fourth-order valence-corrected chi connectivity index (χ4v) is 4.78. The maximum absolute atomic E-state index is 12.9. The quantitative estimate of drug-likeness (QED) is 0.842. The lowest BCUT2D eigenvalue weighted by Crippen LogP contribution is -2.55. The van der Waals surface area contributed by atoms with E-state index in [1.165, 1.54) is 12.1 Å². The Balaban J connectivity index is 1.64. The van der Waals surface area contributed by atoms with E-state index in [0.29, 0.717) is 32.6 Å². The standard InChI is InChI=1S/C17H21FN3O2P/c1-24(2)21-12-19-16(23)17(21)7-9-20(10-8-17)15(22)11-13-3-5-14(18)6-4-13/h3-6H,1,7-12H2,2H3/p+1. The third-order valence-electron chi connectivity index (χ3n) is 4.93. The molecule has 7 heteroatoms. The molecule has 1 N–H and O–H groups in total. The van der Waals surface area contributed by atoms with Gasteiger partial charge in [-0.25, -0.2) is 4.39 Å². The summed E-state index contributed by atoms with van der Waals surface area (Å²) in [5, 5.41) is 2.92. The van der Waals surface area contributed by atoms with Crippen molar-refractivity contribution in [3.05, 3.63) is 35.6 Å². The number of nitrogens with zero attached hydrogens (tertiary/aromatic N) is 2. The van der Waals surface area contributed by atoms with E-state index in [1.807, 2.05) is 6.66 Å². The molecule has 2 amide bonds. The lowest BCUT2D eigenvalue weighted by Gasteiger charge is -2.39. The maximum Gasteiger partial charge on any atom is 0.245 e. The minimum atomic E-state index is -0.611. The number of hydrogen-bond donors (Lipinski definition) is 1. The predicted octanol–water partition coefficient (Wildman–Crippen LogP) is 1.58. The average molecular weight is 350 g/mol. The first-order valence-electron chi connectivity index (χ1n) is 8.05. The number of carbonyl (C=O) groups is 2. The molecule has 0 aromatic heterocycles. The Morgan fingerprint density at radius 3 is 2.54 bits per heavy atom. The van der Waals surface area contributed by atoms with E-state index in [-0.39, 0.29) is 24.1 Å². The first kappa shape index (κ1) is 17.1. The fraction of sp³-hybridized carbons (Fsp3) is 0.471. The highest BCUT2D eigenvalue weighted by Gasteiger charge is 2.55. The molecule has 2 saturated heterocycles. The van der Waals surface area contributed by atoms with Crippen molar-refractivity contribution < 1.29 is 14.0 Å². The molecule has 1 aromatic rings. The summed E-state index contributed by atoms with van der Waals surface area (Å²) in [5.74, 6) is -0.219. The summed E-state index contributed by atoms with van der Waals surface area (Å²) in [6.07, 6.45) is 5.64. The molecule has 2 aliphatic heterocycles. The van der Waals surface area contributed by atoms with Gasteiger partial charge in [-0.1, -0.05) is 16.8 Å². The Labute approximate surface area is 142 Å². The average Bonchev–Trinajstić information content (AvgIpc) is 2.87. The number of benzene rings is 1. The van der Waals surface area contributed by atoms with E-state index >= 15 is 0 Å². The number of piperidine rings is 1. The minimum absolute atomic E-state index is 0.0230. The molecule has 0 saturated carbocycles. The van der Waals surface area contributed by atoms with E-state index in [2.05, 4.69) is 16.3 Å². The van der Waals surface area contributed by atoms with E-state index in [9.17, 15) is 14.0 Å². The molecule has 1 atom stereocenters. The van der Waals surface area contributed by atoms with Crippen LogP contribution in [0.3, 0.4) is 0 Å². The van der Waals surface area contributed by atoms with Crippen molar-refractivity contribution in [3.8, 4) is 0 Å². The van der Waals surface area contributed by atoms with Crippen LogP contribution in [0.2, 0.25) is 0 Å². The van der Waals surface area contributed by atoms with Crippen LogP contribution in [0.15, 0.2) is 24.3 Å². The van der Waals surface area contributed by atoms with Crippen molar-refractivity contribution >= 4 is 25.8 Å². The number of carbonyl (C=O) groups excluding carboxylic acids is 2. The Hall–Kier alpha value is -1.78. The lowest BCUT2D eigenvalue weighted by molar-refractivity contribution is -0.136. The minimum Gasteiger partial charge on any atom is -0.342 e. The predicted molar refractivity (Wildman–Crippen MR) is 93.5 cm³/mol. The number of rotatable bonds is 3. The normalized spacial score (nSPS) is 21.0. The van der Waals surface area contributed by atoms with Crippen molar-refractivity contribution in [1.29, 1.82) is 0 Å². The van der Waals surface area contributed by atoms with Gasteiger partial charge in [0, 0.05) is 13.1 Å². The second kappa shape index (κ2) is 6.61. The van der Waals surface area contributed by atoms with Crippen LogP contribution in [-0.2, 0) is 16.0 Å². The SMILES string of the molecule is C=[P+](C)N1CNC(=O)C12CCN(C(=O)Cc1ccc(F)cc1)CC2. The molecule has 0 radical (unpaired) electrons. The van der Waals surface area contributed by atoms with Gasteiger partial charge in [-0.05, 0) is 30.5 Å². The molecule has 1 spiro atoms. The maximum atomic E-state index is 12.9. The summed E-state index contributed by atoms with van der Waals surface area (Å²) in [4.78, 5) is 26.6. The van der Waals surface area contributed by atoms with E-state index in [4.69, 9.17) is 0 Å². The van der Waals surface area contributed by atoms with Crippen LogP contribution in [0, 0.1) is 5.82 Å². The van der Waals surface area contributed by atoms with E-state index in [0.717, 1.165) is 5.56 Å². The molecule has 128 valence electrons. The number of amides is 2. The summed E-state index contributed by atoms with van der Waals surface area (Å²) in [6.45, 7) is 3.72. The third kappa shape index (κ3) is 3.08. The topological polar surface area (TPSA) is 52.7 Å². The van der Waals surface area contributed by atoms with E-state index < -0.39 is 13.2 Å². The van der Waals surface area contributed by atoms with Gasteiger partial charge in [-0.3, -0.25) is 9.59 Å². The van der Waals surface area contributed by atoms with Crippen LogP contribution in [-0.4, -0.2) is 59.6 Å². The number of nitrogens with one attached hydrogen (secondary N) is 1. The fourth-order valence-electron chi connectivity index (χ4n) is 3.53. The van der Waals surface area contributed by atoms with Crippen molar-refractivity contribution in [2.24, 2.45) is 0 Å².